The van der Waals surface area contributed by atoms with Crippen LogP contribution in [-0.2, 0) is 9.47 Å². The lowest BCUT2D eigenvalue weighted by Crippen LogP contribution is -2.47. The molecule has 0 radical (unpaired) electrons. The zero-order valence-electron chi connectivity index (χ0n) is 11.6. The molecule has 1 unspecified atom stereocenters. The van der Waals surface area contributed by atoms with Gasteiger partial charge in [0.15, 0.2) is 5.82 Å². The Labute approximate surface area is 127 Å². The lowest BCUT2D eigenvalue weighted by molar-refractivity contribution is -0.135. The first-order chi connectivity index (χ1) is 10.1. The first-order valence-corrected chi connectivity index (χ1v) is 7.59. The molecule has 3 nitrogen and oxygen atoms in total. The van der Waals surface area contributed by atoms with Crippen LogP contribution < -0.4 is 5.32 Å². The largest absolute Gasteiger partial charge is 0.381 e. The van der Waals surface area contributed by atoms with E-state index < -0.39 is 11.6 Å². The predicted molar refractivity (Wildman–Crippen MR) is 76.7 cm³/mol. The van der Waals surface area contributed by atoms with Crippen molar-refractivity contribution in [3.63, 3.8) is 0 Å². The predicted octanol–water partition coefficient (Wildman–Crippen LogP) is 3.76. The third kappa shape index (κ3) is 3.30. The first-order valence-electron chi connectivity index (χ1n) is 7.21. The molecule has 1 spiro atoms. The molecule has 0 amide bonds. The maximum atomic E-state index is 13.9. The van der Waals surface area contributed by atoms with Crippen LogP contribution in [0.3, 0.4) is 0 Å². The van der Waals surface area contributed by atoms with E-state index in [0.717, 1.165) is 37.8 Å². The van der Waals surface area contributed by atoms with Crippen molar-refractivity contribution in [2.24, 2.45) is 0 Å². The number of hydrogen-bond acceptors (Lipinski definition) is 3. The Bertz CT molecular complexity index is 492. The highest BCUT2D eigenvalue weighted by Crippen LogP contribution is 2.36. The van der Waals surface area contributed by atoms with Gasteiger partial charge in [-0.3, -0.25) is 0 Å². The highest BCUT2D eigenvalue weighted by molar-refractivity contribution is 6.33. The highest BCUT2D eigenvalue weighted by atomic mass is 35.5. The van der Waals surface area contributed by atoms with E-state index in [4.69, 9.17) is 21.1 Å². The van der Waals surface area contributed by atoms with Gasteiger partial charge in [0.1, 0.15) is 5.82 Å². The Morgan fingerprint density at radius 2 is 1.95 bits per heavy atom. The molecule has 2 saturated heterocycles. The number of ether oxygens (including phenoxy) is 2. The quantitative estimate of drug-likeness (QED) is 0.901. The van der Waals surface area contributed by atoms with E-state index in [1.165, 1.54) is 0 Å². The molecule has 2 fully saturated rings. The third-order valence-electron chi connectivity index (χ3n) is 4.25. The van der Waals surface area contributed by atoms with Gasteiger partial charge in [0.2, 0.25) is 0 Å². The third-order valence-corrected chi connectivity index (χ3v) is 4.55. The van der Waals surface area contributed by atoms with Crippen LogP contribution in [0.1, 0.15) is 25.7 Å². The molecular weight excluding hydrogens is 300 g/mol. The Morgan fingerprint density at radius 1 is 1.19 bits per heavy atom. The van der Waals surface area contributed by atoms with Crippen molar-refractivity contribution in [1.29, 1.82) is 0 Å². The second kappa shape index (κ2) is 6.07. The lowest BCUT2D eigenvalue weighted by Gasteiger charge is -2.43. The summed E-state index contributed by atoms with van der Waals surface area (Å²) < 4.78 is 38.3. The normalized spacial score (nSPS) is 25.0. The maximum Gasteiger partial charge on any atom is 0.150 e. The molecule has 0 bridgehead atoms. The summed E-state index contributed by atoms with van der Waals surface area (Å²) in [5, 5.41) is 3.19. The topological polar surface area (TPSA) is 30.5 Å². The molecule has 2 aliphatic rings. The van der Waals surface area contributed by atoms with E-state index in [9.17, 15) is 8.78 Å². The molecule has 116 valence electrons. The SMILES string of the molecule is Fc1cc(F)c(NC2CCOC3(CCOCC3)C2)c(Cl)c1. The average Bonchev–Trinajstić information content (AvgIpc) is 2.44. The number of halogens is 3. The van der Waals surface area contributed by atoms with Crippen LogP contribution in [0.25, 0.3) is 0 Å². The second-order valence-corrected chi connectivity index (χ2v) is 6.13. The Hall–Kier alpha value is -0.910. The Balaban J connectivity index is 1.73. The standard InChI is InChI=1S/C15H18ClF2NO2/c16-12-7-10(17)8-13(18)14(12)19-11-1-4-21-15(9-11)2-5-20-6-3-15/h7-8,11,19H,1-6,9H2. The van der Waals surface area contributed by atoms with E-state index in [1.54, 1.807) is 0 Å². The van der Waals surface area contributed by atoms with E-state index in [-0.39, 0.29) is 22.4 Å². The van der Waals surface area contributed by atoms with Crippen molar-refractivity contribution in [2.45, 2.75) is 37.3 Å². The van der Waals surface area contributed by atoms with Gasteiger partial charge in [0.05, 0.1) is 16.3 Å². The lowest BCUT2D eigenvalue weighted by atomic mass is 9.84. The number of nitrogens with one attached hydrogen (secondary N) is 1. The number of benzene rings is 1. The molecule has 1 aromatic rings. The molecule has 6 heteroatoms. The molecular formula is C15H18ClF2NO2. The molecule has 1 atom stereocenters. The van der Waals surface area contributed by atoms with Gasteiger partial charge in [-0.25, -0.2) is 8.78 Å². The fourth-order valence-electron chi connectivity index (χ4n) is 3.13. The maximum absolute atomic E-state index is 13.9. The molecule has 2 heterocycles. The van der Waals surface area contributed by atoms with Gasteiger partial charge >= 0.3 is 0 Å². The summed E-state index contributed by atoms with van der Waals surface area (Å²) in [6.07, 6.45) is 3.26. The zero-order valence-corrected chi connectivity index (χ0v) is 12.4. The van der Waals surface area contributed by atoms with Gasteiger partial charge in [-0.05, 0) is 31.7 Å². The monoisotopic (exact) mass is 317 g/mol. The smallest absolute Gasteiger partial charge is 0.150 e. The highest BCUT2D eigenvalue weighted by Gasteiger charge is 2.39. The summed E-state index contributed by atoms with van der Waals surface area (Å²) >= 11 is 5.94. The van der Waals surface area contributed by atoms with Crippen molar-refractivity contribution >= 4 is 17.3 Å². The Morgan fingerprint density at radius 3 is 2.67 bits per heavy atom. The number of anilines is 1. The van der Waals surface area contributed by atoms with Gasteiger partial charge in [-0.15, -0.1) is 0 Å². The van der Waals surface area contributed by atoms with Crippen molar-refractivity contribution in [2.75, 3.05) is 25.1 Å². The summed E-state index contributed by atoms with van der Waals surface area (Å²) in [6, 6.07) is 2.03. The zero-order chi connectivity index (χ0) is 14.9. The van der Waals surface area contributed by atoms with E-state index in [0.29, 0.717) is 19.8 Å². The number of hydrogen-bond donors (Lipinski definition) is 1. The van der Waals surface area contributed by atoms with Crippen molar-refractivity contribution in [3.8, 4) is 0 Å². The van der Waals surface area contributed by atoms with E-state index in [1.807, 2.05) is 0 Å². The minimum absolute atomic E-state index is 0.0642. The fraction of sp³-hybridized carbons (Fsp3) is 0.600. The van der Waals surface area contributed by atoms with Gasteiger partial charge < -0.3 is 14.8 Å². The molecule has 1 N–H and O–H groups in total. The minimum Gasteiger partial charge on any atom is -0.381 e. The van der Waals surface area contributed by atoms with Crippen LogP contribution in [0.2, 0.25) is 5.02 Å². The number of rotatable bonds is 2. The molecule has 0 aromatic heterocycles. The van der Waals surface area contributed by atoms with Crippen LogP contribution in [0.5, 0.6) is 0 Å². The fourth-order valence-corrected chi connectivity index (χ4v) is 3.38. The molecule has 3 rings (SSSR count). The van der Waals surface area contributed by atoms with E-state index >= 15 is 0 Å². The van der Waals surface area contributed by atoms with Gasteiger partial charge in [0, 0.05) is 31.9 Å². The molecule has 0 saturated carbocycles. The van der Waals surface area contributed by atoms with E-state index in [2.05, 4.69) is 5.32 Å². The summed E-state index contributed by atoms with van der Waals surface area (Å²) in [4.78, 5) is 0. The van der Waals surface area contributed by atoms with Gasteiger partial charge in [-0.2, -0.15) is 0 Å². The van der Waals surface area contributed by atoms with Gasteiger partial charge in [0.25, 0.3) is 0 Å². The molecule has 0 aliphatic carbocycles. The van der Waals surface area contributed by atoms with Crippen LogP contribution in [0.15, 0.2) is 12.1 Å². The summed E-state index contributed by atoms with van der Waals surface area (Å²) in [6.45, 7) is 2.01. The first kappa shape index (κ1) is 15.0. The minimum atomic E-state index is -0.670. The summed E-state index contributed by atoms with van der Waals surface area (Å²) in [7, 11) is 0. The summed E-state index contributed by atoms with van der Waals surface area (Å²) in [5.74, 6) is -1.33. The summed E-state index contributed by atoms with van der Waals surface area (Å²) in [5.41, 5.74) is -0.0101. The van der Waals surface area contributed by atoms with Crippen LogP contribution in [0, 0.1) is 11.6 Å². The van der Waals surface area contributed by atoms with Crippen molar-refractivity contribution in [1.82, 2.24) is 0 Å². The second-order valence-electron chi connectivity index (χ2n) is 5.72. The van der Waals surface area contributed by atoms with Crippen LogP contribution in [0.4, 0.5) is 14.5 Å². The molecule has 2 aliphatic heterocycles. The molecule has 21 heavy (non-hydrogen) atoms. The average molecular weight is 318 g/mol. The Kier molecular flexibility index (Phi) is 4.33. The van der Waals surface area contributed by atoms with Crippen LogP contribution in [-0.4, -0.2) is 31.5 Å². The van der Waals surface area contributed by atoms with Crippen molar-refractivity contribution in [3.05, 3.63) is 28.8 Å². The molecule has 1 aromatic carbocycles. The van der Waals surface area contributed by atoms with Crippen LogP contribution >= 0.6 is 11.6 Å². The van der Waals surface area contributed by atoms with Gasteiger partial charge in [-0.1, -0.05) is 11.6 Å². The van der Waals surface area contributed by atoms with Crippen molar-refractivity contribution < 1.29 is 18.3 Å².